The van der Waals surface area contributed by atoms with E-state index in [0.717, 1.165) is 28.1 Å². The Balaban J connectivity index is 0.00000191. The zero-order valence-corrected chi connectivity index (χ0v) is 15.3. The molecule has 0 saturated heterocycles. The second-order valence-electron chi connectivity index (χ2n) is 5.34. The number of benzene rings is 1. The minimum absolute atomic E-state index is 0.0455. The third kappa shape index (κ3) is 5.85. The van der Waals surface area contributed by atoms with Crippen molar-refractivity contribution < 1.29 is 5.11 Å². The molecular weight excluding hydrogens is 277 g/mol. The molecule has 1 atom stereocenters. The van der Waals surface area contributed by atoms with Crippen molar-refractivity contribution >= 4 is 26.4 Å². The maximum absolute atomic E-state index is 9.38. The minimum Gasteiger partial charge on any atom is -0.508 e. The summed E-state index contributed by atoms with van der Waals surface area (Å²) in [6.07, 6.45) is 0. The second-order valence-corrected chi connectivity index (χ2v) is 6.79. The largest absolute Gasteiger partial charge is 0.508 e. The van der Waals surface area contributed by atoms with Gasteiger partial charge in [-0.25, -0.2) is 0 Å². The van der Waals surface area contributed by atoms with Gasteiger partial charge in [0, 0.05) is 22.0 Å². The fourth-order valence-corrected chi connectivity index (χ4v) is 1.64. The van der Waals surface area contributed by atoms with Gasteiger partial charge in [0.15, 0.2) is 0 Å². The molecule has 0 spiro atoms. The summed E-state index contributed by atoms with van der Waals surface area (Å²) in [4.78, 5) is 4.57. The van der Waals surface area contributed by atoms with E-state index < -0.39 is 0 Å². The van der Waals surface area contributed by atoms with Crippen LogP contribution in [0.1, 0.15) is 51.3 Å². The van der Waals surface area contributed by atoms with Crippen molar-refractivity contribution in [1.29, 1.82) is 0 Å². The van der Waals surface area contributed by atoms with Crippen LogP contribution >= 0.6 is 9.24 Å². The predicted octanol–water partition coefficient (Wildman–Crippen LogP) is 5.64. The van der Waals surface area contributed by atoms with Crippen LogP contribution in [0.15, 0.2) is 36.3 Å². The molecule has 1 rings (SSSR count). The fraction of sp³-hybridized carbons (Fsp3) is 0.389. The Labute approximate surface area is 131 Å². The van der Waals surface area contributed by atoms with Crippen molar-refractivity contribution in [3.63, 3.8) is 0 Å². The van der Waals surface area contributed by atoms with Gasteiger partial charge in [-0.05, 0) is 25.5 Å². The Morgan fingerprint density at radius 1 is 1.24 bits per heavy atom. The van der Waals surface area contributed by atoms with Crippen molar-refractivity contribution in [1.82, 2.24) is 0 Å². The highest BCUT2D eigenvalue weighted by Crippen LogP contribution is 2.25. The maximum atomic E-state index is 9.38. The predicted molar refractivity (Wildman–Crippen MR) is 100 cm³/mol. The van der Waals surface area contributed by atoms with Gasteiger partial charge in [-0.15, -0.1) is 9.24 Å². The Hall–Kier alpha value is -1.40. The molecule has 1 N–H and O–H groups in total. The van der Waals surface area contributed by atoms with Gasteiger partial charge in [0.25, 0.3) is 0 Å². The summed E-state index contributed by atoms with van der Waals surface area (Å²) in [6.45, 7) is 19.7. The van der Waals surface area contributed by atoms with E-state index >= 15 is 0 Å². The lowest BCUT2D eigenvalue weighted by Gasteiger charge is -2.18. The van der Waals surface area contributed by atoms with Crippen LogP contribution < -0.4 is 0 Å². The van der Waals surface area contributed by atoms with Crippen LogP contribution in [0, 0.1) is 6.92 Å². The Morgan fingerprint density at radius 2 is 1.76 bits per heavy atom. The molecular formula is C18H28NOP. The number of aryl methyl sites for hydroxylation is 1. The van der Waals surface area contributed by atoms with Gasteiger partial charge < -0.3 is 5.11 Å². The van der Waals surface area contributed by atoms with Gasteiger partial charge in [0.2, 0.25) is 0 Å². The van der Waals surface area contributed by atoms with E-state index in [9.17, 15) is 5.11 Å². The first-order valence-electron chi connectivity index (χ1n) is 7.15. The molecule has 0 bridgehead atoms. The van der Waals surface area contributed by atoms with Gasteiger partial charge in [-0.3, -0.25) is 4.99 Å². The summed E-state index contributed by atoms with van der Waals surface area (Å²) < 4.78 is 0. The third-order valence-corrected chi connectivity index (χ3v) is 3.52. The van der Waals surface area contributed by atoms with Crippen molar-refractivity contribution in [2.75, 3.05) is 0 Å². The van der Waals surface area contributed by atoms with Gasteiger partial charge in [-0.1, -0.05) is 53.0 Å². The minimum atomic E-state index is -0.0455. The van der Waals surface area contributed by atoms with Crippen molar-refractivity contribution in [3.8, 4) is 0 Å². The first-order valence-corrected chi connectivity index (χ1v) is 7.73. The molecule has 0 aliphatic carbocycles. The average Bonchev–Trinajstić information content (AvgIpc) is 2.39. The molecule has 2 nitrogen and oxygen atoms in total. The molecule has 116 valence electrons. The SMILES string of the molecule is C=C(O)c1ccc(C(=C)N=C(C)C(C)(C)P)c(C)c1.CC. The summed E-state index contributed by atoms with van der Waals surface area (Å²) in [7, 11) is 2.77. The van der Waals surface area contributed by atoms with Crippen LogP contribution in [0.2, 0.25) is 0 Å². The highest BCUT2D eigenvalue weighted by atomic mass is 31.0. The van der Waals surface area contributed by atoms with Crippen LogP contribution in [0.3, 0.4) is 0 Å². The zero-order valence-electron chi connectivity index (χ0n) is 14.1. The van der Waals surface area contributed by atoms with E-state index in [2.05, 4.69) is 41.2 Å². The number of hydrogen-bond donors (Lipinski definition) is 1. The van der Waals surface area contributed by atoms with Gasteiger partial charge >= 0.3 is 0 Å². The number of hydrogen-bond acceptors (Lipinski definition) is 2. The summed E-state index contributed by atoms with van der Waals surface area (Å²) in [5, 5.41) is 9.34. The smallest absolute Gasteiger partial charge is 0.115 e. The van der Waals surface area contributed by atoms with Crippen molar-refractivity contribution in [2.45, 2.75) is 46.7 Å². The lowest BCUT2D eigenvalue weighted by atomic mass is 10.0. The number of aliphatic hydroxyl groups excluding tert-OH is 1. The third-order valence-electron chi connectivity index (χ3n) is 3.11. The van der Waals surface area contributed by atoms with E-state index in [0.29, 0.717) is 0 Å². The Morgan fingerprint density at radius 3 is 2.14 bits per heavy atom. The maximum Gasteiger partial charge on any atom is 0.115 e. The van der Waals surface area contributed by atoms with Crippen LogP contribution in [0.4, 0.5) is 0 Å². The van der Waals surface area contributed by atoms with Crippen molar-refractivity contribution in [2.24, 2.45) is 4.99 Å². The Bertz CT molecular complexity index is 551. The molecule has 0 radical (unpaired) electrons. The van der Waals surface area contributed by atoms with E-state index in [4.69, 9.17) is 0 Å². The molecule has 0 amide bonds. The topological polar surface area (TPSA) is 32.6 Å². The van der Waals surface area contributed by atoms with E-state index in [-0.39, 0.29) is 10.9 Å². The van der Waals surface area contributed by atoms with Gasteiger partial charge in [-0.2, -0.15) is 0 Å². The van der Waals surface area contributed by atoms with Gasteiger partial charge in [0.1, 0.15) is 5.76 Å². The fourth-order valence-electron chi connectivity index (χ4n) is 1.57. The molecule has 3 heteroatoms. The summed E-state index contributed by atoms with van der Waals surface area (Å²) in [5.41, 5.74) is 4.48. The lowest BCUT2D eigenvalue weighted by molar-refractivity contribution is 0.514. The van der Waals surface area contributed by atoms with Crippen LogP contribution in [-0.4, -0.2) is 16.0 Å². The quantitative estimate of drug-likeness (QED) is 0.436. The van der Waals surface area contributed by atoms with E-state index in [1.807, 2.05) is 45.9 Å². The van der Waals surface area contributed by atoms with Gasteiger partial charge in [0.05, 0.1) is 5.70 Å². The highest BCUT2D eigenvalue weighted by Gasteiger charge is 2.15. The number of aliphatic imine (C=N–C) groups is 1. The molecule has 1 aromatic rings. The zero-order chi connectivity index (χ0) is 16.8. The molecule has 0 aromatic heterocycles. The molecule has 0 heterocycles. The number of aliphatic hydroxyl groups is 1. The highest BCUT2D eigenvalue weighted by molar-refractivity contribution is 7.21. The van der Waals surface area contributed by atoms with Crippen LogP contribution in [0.5, 0.6) is 0 Å². The van der Waals surface area contributed by atoms with Crippen LogP contribution in [-0.2, 0) is 0 Å². The molecule has 1 aromatic carbocycles. The molecule has 0 aliphatic heterocycles. The molecule has 21 heavy (non-hydrogen) atoms. The molecule has 0 saturated carbocycles. The van der Waals surface area contributed by atoms with E-state index in [1.54, 1.807) is 0 Å². The first-order chi connectivity index (χ1) is 9.62. The average molecular weight is 305 g/mol. The summed E-state index contributed by atoms with van der Waals surface area (Å²) in [5.74, 6) is 0.0750. The standard InChI is InChI=1S/C16H22NOP.C2H6/c1-10-9-14(12(3)18)7-8-15(10)11(2)17-13(4)16(5,6)19;1-2/h7-9,18H,2-3,19H2,1,4-6H3;1-2H3. The molecule has 0 aliphatic rings. The number of rotatable bonds is 4. The van der Waals surface area contributed by atoms with Crippen molar-refractivity contribution in [3.05, 3.63) is 48.0 Å². The second kappa shape index (κ2) is 8.14. The summed E-state index contributed by atoms with van der Waals surface area (Å²) >= 11 is 0. The monoisotopic (exact) mass is 305 g/mol. The molecule has 0 fully saturated rings. The lowest BCUT2D eigenvalue weighted by Crippen LogP contribution is -2.20. The normalized spacial score (nSPS) is 11.5. The Kier molecular flexibility index (Phi) is 7.60. The van der Waals surface area contributed by atoms with E-state index in [1.165, 1.54) is 0 Å². The van der Waals surface area contributed by atoms with Crippen LogP contribution in [0.25, 0.3) is 11.5 Å². The first kappa shape index (κ1) is 19.6. The molecule has 1 unspecified atom stereocenters. The summed E-state index contributed by atoms with van der Waals surface area (Å²) in [6, 6.07) is 5.63. The number of nitrogens with zero attached hydrogens (tertiary/aromatic N) is 1.